The molecule has 108 valence electrons. The average Bonchev–Trinajstić information content (AvgIpc) is 2.71. The van der Waals surface area contributed by atoms with E-state index in [4.69, 9.17) is 0 Å². The molecule has 4 heteroatoms. The van der Waals surface area contributed by atoms with Gasteiger partial charge in [-0.15, -0.1) is 11.8 Å². The highest BCUT2D eigenvalue weighted by Gasteiger charge is 2.37. The molecule has 0 radical (unpaired) electrons. The van der Waals surface area contributed by atoms with Crippen molar-refractivity contribution < 1.29 is 4.79 Å². The van der Waals surface area contributed by atoms with Crippen LogP contribution in [0, 0.1) is 6.92 Å². The van der Waals surface area contributed by atoms with E-state index in [0.29, 0.717) is 23.7 Å². The van der Waals surface area contributed by atoms with Crippen molar-refractivity contribution in [1.82, 2.24) is 10.2 Å². The van der Waals surface area contributed by atoms with Gasteiger partial charge in [-0.25, -0.2) is 0 Å². The van der Waals surface area contributed by atoms with Gasteiger partial charge in [-0.1, -0.05) is 17.7 Å². The highest BCUT2D eigenvalue weighted by Crippen LogP contribution is 2.29. The first kappa shape index (κ1) is 14.0. The third-order valence-corrected chi connectivity index (χ3v) is 5.32. The van der Waals surface area contributed by atoms with Crippen LogP contribution in [0.3, 0.4) is 0 Å². The highest BCUT2D eigenvalue weighted by molar-refractivity contribution is 8.00. The van der Waals surface area contributed by atoms with Crippen LogP contribution in [0.1, 0.15) is 24.8 Å². The maximum Gasteiger partial charge on any atom is 0.233 e. The Morgan fingerprint density at radius 1 is 1.25 bits per heavy atom. The molecule has 20 heavy (non-hydrogen) atoms. The van der Waals surface area contributed by atoms with Gasteiger partial charge >= 0.3 is 0 Å². The number of fused-ring (bicyclic) bond motifs is 2. The predicted octanol–water partition coefficient (Wildman–Crippen LogP) is 2.44. The molecular weight excluding hydrogens is 268 g/mol. The number of thioether (sulfide) groups is 1. The fraction of sp³-hybridized carbons (Fsp3) is 0.562. The van der Waals surface area contributed by atoms with Gasteiger partial charge in [-0.3, -0.25) is 4.79 Å². The molecule has 2 aliphatic heterocycles. The summed E-state index contributed by atoms with van der Waals surface area (Å²) in [5, 5.41) is 3.44. The second-order valence-corrected chi connectivity index (χ2v) is 6.83. The van der Waals surface area contributed by atoms with Crippen LogP contribution < -0.4 is 5.32 Å². The third kappa shape index (κ3) is 3.01. The number of rotatable bonds is 3. The summed E-state index contributed by atoms with van der Waals surface area (Å²) >= 11 is 1.66. The Hall–Kier alpha value is -1.00. The molecule has 3 rings (SSSR count). The van der Waals surface area contributed by atoms with E-state index in [1.165, 1.54) is 23.3 Å². The molecule has 2 atom stereocenters. The molecule has 2 unspecified atom stereocenters. The van der Waals surface area contributed by atoms with Gasteiger partial charge < -0.3 is 10.2 Å². The van der Waals surface area contributed by atoms with Gasteiger partial charge in [0.25, 0.3) is 0 Å². The molecule has 1 aromatic carbocycles. The van der Waals surface area contributed by atoms with Gasteiger partial charge in [-0.2, -0.15) is 0 Å². The molecule has 0 aliphatic carbocycles. The molecule has 0 saturated carbocycles. The molecule has 2 heterocycles. The second-order valence-electron chi connectivity index (χ2n) is 5.78. The van der Waals surface area contributed by atoms with E-state index in [-0.39, 0.29) is 0 Å². The summed E-state index contributed by atoms with van der Waals surface area (Å²) < 4.78 is 0. The van der Waals surface area contributed by atoms with Crippen LogP contribution in [0.15, 0.2) is 29.2 Å². The van der Waals surface area contributed by atoms with Crippen molar-refractivity contribution in [3.8, 4) is 0 Å². The van der Waals surface area contributed by atoms with E-state index in [9.17, 15) is 4.79 Å². The van der Waals surface area contributed by atoms with Crippen molar-refractivity contribution in [1.29, 1.82) is 0 Å². The van der Waals surface area contributed by atoms with Crippen LogP contribution in [-0.4, -0.2) is 41.7 Å². The monoisotopic (exact) mass is 290 g/mol. The summed E-state index contributed by atoms with van der Waals surface area (Å²) in [6.07, 6.45) is 3.46. The first-order valence-corrected chi connectivity index (χ1v) is 8.44. The third-order valence-electron chi connectivity index (χ3n) is 4.33. The quantitative estimate of drug-likeness (QED) is 0.868. The van der Waals surface area contributed by atoms with Gasteiger partial charge in [0, 0.05) is 23.5 Å². The van der Waals surface area contributed by atoms with Crippen LogP contribution in [0.2, 0.25) is 0 Å². The Morgan fingerprint density at radius 3 is 2.80 bits per heavy atom. The summed E-state index contributed by atoms with van der Waals surface area (Å²) in [5.74, 6) is 0.877. The SMILES string of the molecule is Cc1ccc(SCC(=O)N2C3CCNCC2CC3)cc1. The lowest BCUT2D eigenvalue weighted by molar-refractivity contribution is -0.130. The van der Waals surface area contributed by atoms with Crippen molar-refractivity contribution >= 4 is 17.7 Å². The lowest BCUT2D eigenvalue weighted by atomic mass is 10.1. The first-order chi connectivity index (χ1) is 9.74. The smallest absolute Gasteiger partial charge is 0.233 e. The summed E-state index contributed by atoms with van der Waals surface area (Å²) in [6.45, 7) is 4.11. The van der Waals surface area contributed by atoms with E-state index in [1.807, 2.05) is 0 Å². The number of nitrogens with zero attached hydrogens (tertiary/aromatic N) is 1. The fourth-order valence-corrected chi connectivity index (χ4v) is 4.01. The molecular formula is C16H22N2OS. The number of carbonyl (C=O) groups is 1. The number of hydrogen-bond donors (Lipinski definition) is 1. The second kappa shape index (κ2) is 6.19. The standard InChI is InChI=1S/C16H22N2OS/c1-12-2-6-15(7-3-12)20-11-16(19)18-13-4-5-14(18)10-17-9-8-13/h2-3,6-7,13-14,17H,4-5,8-11H2,1H3. The van der Waals surface area contributed by atoms with Crippen molar-refractivity contribution in [2.75, 3.05) is 18.8 Å². The van der Waals surface area contributed by atoms with E-state index in [2.05, 4.69) is 41.4 Å². The molecule has 0 spiro atoms. The van der Waals surface area contributed by atoms with Crippen LogP contribution in [0.4, 0.5) is 0 Å². The molecule has 3 nitrogen and oxygen atoms in total. The van der Waals surface area contributed by atoms with Gasteiger partial charge in [0.2, 0.25) is 5.91 Å². The topological polar surface area (TPSA) is 32.3 Å². The number of nitrogens with one attached hydrogen (secondary N) is 1. The fourth-order valence-electron chi connectivity index (χ4n) is 3.24. The van der Waals surface area contributed by atoms with E-state index in [0.717, 1.165) is 19.5 Å². The molecule has 1 N–H and O–H groups in total. The summed E-state index contributed by atoms with van der Waals surface area (Å²) in [7, 11) is 0. The van der Waals surface area contributed by atoms with Crippen LogP contribution in [0.25, 0.3) is 0 Å². The molecule has 2 saturated heterocycles. The molecule has 1 aromatic rings. The molecule has 0 aromatic heterocycles. The number of benzene rings is 1. The van der Waals surface area contributed by atoms with E-state index >= 15 is 0 Å². The molecule has 2 aliphatic rings. The maximum absolute atomic E-state index is 12.5. The number of hydrogen-bond acceptors (Lipinski definition) is 3. The minimum atomic E-state index is 0.312. The number of carbonyl (C=O) groups excluding carboxylic acids is 1. The minimum absolute atomic E-state index is 0.312. The summed E-state index contributed by atoms with van der Waals surface area (Å²) in [6, 6.07) is 9.31. The first-order valence-electron chi connectivity index (χ1n) is 7.45. The van der Waals surface area contributed by atoms with E-state index in [1.54, 1.807) is 11.8 Å². The van der Waals surface area contributed by atoms with Crippen molar-refractivity contribution in [2.24, 2.45) is 0 Å². The summed E-state index contributed by atoms with van der Waals surface area (Å²) in [4.78, 5) is 15.9. The Labute approximate surface area is 125 Å². The highest BCUT2D eigenvalue weighted by atomic mass is 32.2. The minimum Gasteiger partial charge on any atom is -0.335 e. The van der Waals surface area contributed by atoms with E-state index < -0.39 is 0 Å². The summed E-state index contributed by atoms with van der Waals surface area (Å²) in [5.41, 5.74) is 1.26. The van der Waals surface area contributed by atoms with Gasteiger partial charge in [0.1, 0.15) is 0 Å². The zero-order valence-corrected chi connectivity index (χ0v) is 12.8. The Balaban J connectivity index is 1.60. The Morgan fingerprint density at radius 2 is 2.00 bits per heavy atom. The van der Waals surface area contributed by atoms with Crippen LogP contribution in [0.5, 0.6) is 0 Å². The van der Waals surface area contributed by atoms with Crippen LogP contribution in [-0.2, 0) is 4.79 Å². The molecule has 1 amide bonds. The number of aryl methyl sites for hydroxylation is 1. The Kier molecular flexibility index (Phi) is 4.32. The predicted molar refractivity (Wildman–Crippen MR) is 83.0 cm³/mol. The number of amides is 1. The largest absolute Gasteiger partial charge is 0.335 e. The van der Waals surface area contributed by atoms with Gasteiger partial charge in [0.15, 0.2) is 0 Å². The zero-order chi connectivity index (χ0) is 13.9. The lowest BCUT2D eigenvalue weighted by Gasteiger charge is -2.27. The molecule has 2 fully saturated rings. The van der Waals surface area contributed by atoms with Crippen molar-refractivity contribution in [3.05, 3.63) is 29.8 Å². The average molecular weight is 290 g/mol. The Bertz CT molecular complexity index is 460. The van der Waals surface area contributed by atoms with Crippen LogP contribution >= 0.6 is 11.8 Å². The lowest BCUT2D eigenvalue weighted by Crippen LogP contribution is -2.43. The van der Waals surface area contributed by atoms with Gasteiger partial charge in [-0.05, 0) is 44.9 Å². The molecule has 2 bridgehead atoms. The normalized spacial score (nSPS) is 25.6. The van der Waals surface area contributed by atoms with Crippen molar-refractivity contribution in [3.63, 3.8) is 0 Å². The van der Waals surface area contributed by atoms with Crippen molar-refractivity contribution in [2.45, 2.75) is 43.2 Å². The van der Waals surface area contributed by atoms with Gasteiger partial charge in [0.05, 0.1) is 5.75 Å². The zero-order valence-electron chi connectivity index (χ0n) is 12.0. The maximum atomic E-state index is 12.5.